The molecule has 0 spiro atoms. The number of amides is 1. The molecule has 1 aromatic heterocycles. The summed E-state index contributed by atoms with van der Waals surface area (Å²) in [6, 6.07) is 6.41. The zero-order valence-electron chi connectivity index (χ0n) is 9.63. The van der Waals surface area contributed by atoms with E-state index in [-0.39, 0.29) is 5.69 Å². The van der Waals surface area contributed by atoms with E-state index in [2.05, 4.69) is 10.3 Å². The van der Waals surface area contributed by atoms with E-state index in [1.807, 2.05) is 0 Å². The summed E-state index contributed by atoms with van der Waals surface area (Å²) in [6.45, 7) is 0. The molecule has 0 fully saturated rings. The van der Waals surface area contributed by atoms with Crippen LogP contribution in [-0.2, 0) is 0 Å². The van der Waals surface area contributed by atoms with Crippen LogP contribution >= 0.6 is 0 Å². The van der Waals surface area contributed by atoms with E-state index in [0.29, 0.717) is 5.56 Å². The van der Waals surface area contributed by atoms with Gasteiger partial charge in [0.05, 0.1) is 5.56 Å². The first-order valence-corrected chi connectivity index (χ1v) is 5.32. The average Bonchev–Trinajstić information content (AvgIpc) is 2.39. The number of carboxylic acid groups (broad SMARTS) is 1. The minimum Gasteiger partial charge on any atom is -0.478 e. The third kappa shape index (κ3) is 2.92. The molecule has 19 heavy (non-hydrogen) atoms. The van der Waals surface area contributed by atoms with E-state index in [4.69, 9.17) is 5.11 Å². The van der Waals surface area contributed by atoms with Crippen molar-refractivity contribution in [2.24, 2.45) is 0 Å². The average molecular weight is 260 g/mol. The number of aromatic nitrogens is 1. The van der Waals surface area contributed by atoms with Crippen LogP contribution in [0.1, 0.15) is 20.7 Å². The fourth-order valence-electron chi connectivity index (χ4n) is 1.47. The van der Waals surface area contributed by atoms with Crippen LogP contribution in [0.2, 0.25) is 0 Å². The Bertz CT molecular complexity index is 629. The van der Waals surface area contributed by atoms with E-state index < -0.39 is 23.3 Å². The molecule has 1 amide bonds. The highest BCUT2D eigenvalue weighted by Gasteiger charge is 2.12. The summed E-state index contributed by atoms with van der Waals surface area (Å²) in [5.41, 5.74) is 0.115. The largest absolute Gasteiger partial charge is 0.478 e. The van der Waals surface area contributed by atoms with Gasteiger partial charge in [0.1, 0.15) is 5.82 Å². The van der Waals surface area contributed by atoms with E-state index in [9.17, 15) is 14.0 Å². The van der Waals surface area contributed by atoms with Crippen molar-refractivity contribution in [2.75, 3.05) is 5.32 Å². The summed E-state index contributed by atoms with van der Waals surface area (Å²) >= 11 is 0. The fourth-order valence-corrected chi connectivity index (χ4v) is 1.47. The molecule has 0 atom stereocenters. The number of aromatic carboxylic acids is 1. The van der Waals surface area contributed by atoms with Crippen LogP contribution in [0.15, 0.2) is 42.7 Å². The molecular formula is C13H9FN2O3. The van der Waals surface area contributed by atoms with Crippen LogP contribution in [0.5, 0.6) is 0 Å². The second kappa shape index (κ2) is 5.26. The number of benzene rings is 1. The zero-order valence-corrected chi connectivity index (χ0v) is 9.63. The molecule has 96 valence electrons. The van der Waals surface area contributed by atoms with Crippen LogP contribution in [-0.4, -0.2) is 22.0 Å². The third-order valence-corrected chi connectivity index (χ3v) is 2.40. The van der Waals surface area contributed by atoms with Gasteiger partial charge in [-0.15, -0.1) is 0 Å². The Hall–Kier alpha value is -2.76. The Balaban J connectivity index is 2.19. The topological polar surface area (TPSA) is 79.3 Å². The van der Waals surface area contributed by atoms with E-state index in [0.717, 1.165) is 12.1 Å². The highest BCUT2D eigenvalue weighted by molar-refractivity contribution is 6.04. The summed E-state index contributed by atoms with van der Waals surface area (Å²) in [4.78, 5) is 26.2. The van der Waals surface area contributed by atoms with Crippen molar-refractivity contribution < 1.29 is 19.1 Å². The number of nitrogens with one attached hydrogen (secondary N) is 1. The molecule has 1 heterocycles. The predicted molar refractivity (Wildman–Crippen MR) is 65.5 cm³/mol. The van der Waals surface area contributed by atoms with E-state index in [1.165, 1.54) is 30.6 Å². The lowest BCUT2D eigenvalue weighted by Gasteiger charge is -2.06. The maximum absolute atomic E-state index is 13.4. The number of halogens is 1. The Kier molecular flexibility index (Phi) is 3.51. The van der Waals surface area contributed by atoms with Gasteiger partial charge in [-0.2, -0.15) is 0 Å². The van der Waals surface area contributed by atoms with Crippen LogP contribution < -0.4 is 5.32 Å². The molecule has 6 heteroatoms. The number of nitrogens with zero attached hydrogens (tertiary/aromatic N) is 1. The molecule has 2 rings (SSSR count). The van der Waals surface area contributed by atoms with Crippen molar-refractivity contribution in [3.05, 3.63) is 59.7 Å². The quantitative estimate of drug-likeness (QED) is 0.886. The van der Waals surface area contributed by atoms with Crippen molar-refractivity contribution >= 4 is 17.6 Å². The Morgan fingerprint density at radius 1 is 1.16 bits per heavy atom. The van der Waals surface area contributed by atoms with E-state index in [1.54, 1.807) is 0 Å². The number of carboxylic acids is 1. The molecule has 0 saturated carbocycles. The van der Waals surface area contributed by atoms with Crippen molar-refractivity contribution in [2.45, 2.75) is 0 Å². The molecule has 0 radical (unpaired) electrons. The summed E-state index contributed by atoms with van der Waals surface area (Å²) < 4.78 is 13.4. The summed E-state index contributed by atoms with van der Waals surface area (Å²) in [5, 5.41) is 11.1. The summed E-state index contributed by atoms with van der Waals surface area (Å²) in [7, 11) is 0. The third-order valence-electron chi connectivity index (χ3n) is 2.40. The SMILES string of the molecule is O=C(Nc1ccc(C(=O)O)c(F)c1)c1ccncc1. The molecule has 5 nitrogen and oxygen atoms in total. The first-order chi connectivity index (χ1) is 9.08. The van der Waals surface area contributed by atoms with Crippen molar-refractivity contribution in [3.8, 4) is 0 Å². The number of carbonyl (C=O) groups is 2. The zero-order chi connectivity index (χ0) is 13.8. The first kappa shape index (κ1) is 12.7. The highest BCUT2D eigenvalue weighted by atomic mass is 19.1. The summed E-state index contributed by atoms with van der Waals surface area (Å²) in [5.74, 6) is -2.69. The number of hydrogen-bond acceptors (Lipinski definition) is 3. The molecule has 1 aromatic carbocycles. The minimum absolute atomic E-state index is 0.185. The Labute approximate surface area is 107 Å². The van der Waals surface area contributed by atoms with Crippen molar-refractivity contribution in [3.63, 3.8) is 0 Å². The molecule has 0 unspecified atom stereocenters. The van der Waals surface area contributed by atoms with Gasteiger partial charge in [0.15, 0.2) is 0 Å². The number of rotatable bonds is 3. The number of carbonyl (C=O) groups excluding carboxylic acids is 1. The molecular weight excluding hydrogens is 251 g/mol. The lowest BCUT2D eigenvalue weighted by Crippen LogP contribution is -2.12. The lowest BCUT2D eigenvalue weighted by atomic mass is 10.2. The first-order valence-electron chi connectivity index (χ1n) is 5.32. The Morgan fingerprint density at radius 2 is 1.84 bits per heavy atom. The van der Waals surface area contributed by atoms with Gasteiger partial charge in [0.25, 0.3) is 5.91 Å². The smallest absolute Gasteiger partial charge is 0.338 e. The van der Waals surface area contributed by atoms with Gasteiger partial charge in [0, 0.05) is 23.6 Å². The van der Waals surface area contributed by atoms with Crippen LogP contribution in [0, 0.1) is 5.82 Å². The van der Waals surface area contributed by atoms with E-state index >= 15 is 0 Å². The second-order valence-corrected chi connectivity index (χ2v) is 3.69. The minimum atomic E-state index is -1.36. The maximum atomic E-state index is 13.4. The van der Waals surface area contributed by atoms with Gasteiger partial charge >= 0.3 is 5.97 Å². The standard InChI is InChI=1S/C13H9FN2O3/c14-11-7-9(1-2-10(11)13(18)19)16-12(17)8-3-5-15-6-4-8/h1-7H,(H,16,17)(H,18,19). The predicted octanol–water partition coefficient (Wildman–Crippen LogP) is 2.17. The monoisotopic (exact) mass is 260 g/mol. The molecule has 0 aliphatic rings. The fraction of sp³-hybridized carbons (Fsp3) is 0. The Morgan fingerprint density at radius 3 is 2.42 bits per heavy atom. The molecule has 2 N–H and O–H groups in total. The molecule has 0 bridgehead atoms. The highest BCUT2D eigenvalue weighted by Crippen LogP contribution is 2.15. The van der Waals surface area contributed by atoms with Crippen LogP contribution in [0.25, 0.3) is 0 Å². The van der Waals surface area contributed by atoms with Crippen LogP contribution in [0.3, 0.4) is 0 Å². The van der Waals surface area contributed by atoms with Gasteiger partial charge in [0.2, 0.25) is 0 Å². The normalized spacial score (nSPS) is 9.95. The second-order valence-electron chi connectivity index (χ2n) is 3.69. The van der Waals surface area contributed by atoms with Crippen molar-refractivity contribution in [1.29, 1.82) is 0 Å². The van der Waals surface area contributed by atoms with Gasteiger partial charge < -0.3 is 10.4 Å². The van der Waals surface area contributed by atoms with Gasteiger partial charge in [-0.25, -0.2) is 9.18 Å². The van der Waals surface area contributed by atoms with Gasteiger partial charge in [-0.05, 0) is 30.3 Å². The molecule has 0 saturated heterocycles. The maximum Gasteiger partial charge on any atom is 0.338 e. The van der Waals surface area contributed by atoms with Gasteiger partial charge in [-0.3, -0.25) is 9.78 Å². The molecule has 0 aliphatic heterocycles. The summed E-state index contributed by atoms with van der Waals surface area (Å²) in [6.07, 6.45) is 2.92. The number of anilines is 1. The lowest BCUT2D eigenvalue weighted by molar-refractivity contribution is 0.0692. The number of hydrogen-bond donors (Lipinski definition) is 2. The molecule has 0 aliphatic carbocycles. The van der Waals surface area contributed by atoms with Gasteiger partial charge in [-0.1, -0.05) is 0 Å². The molecule has 2 aromatic rings. The van der Waals surface area contributed by atoms with Crippen molar-refractivity contribution in [1.82, 2.24) is 4.98 Å². The van der Waals surface area contributed by atoms with Crippen LogP contribution in [0.4, 0.5) is 10.1 Å². The number of pyridine rings is 1.